The summed E-state index contributed by atoms with van der Waals surface area (Å²) in [5, 5.41) is 9.07. The predicted octanol–water partition coefficient (Wildman–Crippen LogP) is 3.78. The van der Waals surface area contributed by atoms with E-state index in [4.69, 9.17) is 5.11 Å². The van der Waals surface area contributed by atoms with Crippen LogP contribution in [0.5, 0.6) is 0 Å². The van der Waals surface area contributed by atoms with E-state index in [-0.39, 0.29) is 43.3 Å². The molecule has 0 saturated heterocycles. The van der Waals surface area contributed by atoms with E-state index in [1.807, 2.05) is 30.3 Å². The first-order valence-corrected chi connectivity index (χ1v) is 6.98. The van der Waals surface area contributed by atoms with Crippen molar-refractivity contribution in [3.63, 3.8) is 0 Å². The zero-order chi connectivity index (χ0) is 15.5. The molecule has 0 fully saturated rings. The first-order valence-electron chi connectivity index (χ1n) is 5.99. The molecule has 0 amide bonds. The van der Waals surface area contributed by atoms with Crippen LogP contribution in [0.2, 0.25) is 0 Å². The van der Waals surface area contributed by atoms with Crippen molar-refractivity contribution in [2.75, 3.05) is 0 Å². The predicted molar refractivity (Wildman–Crippen MR) is 83.0 cm³/mol. The number of aromatic carboxylic acids is 1. The zero-order valence-electron chi connectivity index (χ0n) is 10.7. The van der Waals surface area contributed by atoms with Crippen LogP contribution in [0, 0.1) is 0 Å². The third-order valence-electron chi connectivity index (χ3n) is 2.77. The van der Waals surface area contributed by atoms with Gasteiger partial charge in [0.1, 0.15) is 0 Å². The van der Waals surface area contributed by atoms with Crippen LogP contribution < -0.4 is 0 Å². The summed E-state index contributed by atoms with van der Waals surface area (Å²) in [6.07, 6.45) is -4.55. The maximum absolute atomic E-state index is 12.6. The van der Waals surface area contributed by atoms with Gasteiger partial charge in [0.15, 0.2) is 0 Å². The van der Waals surface area contributed by atoms with Gasteiger partial charge in [-0.2, -0.15) is 13.2 Å². The van der Waals surface area contributed by atoms with Crippen LogP contribution in [0.3, 0.4) is 0 Å². The molecular weight excluding hydrogens is 341 g/mol. The van der Waals surface area contributed by atoms with Gasteiger partial charge in [-0.05, 0) is 23.8 Å². The number of carboxylic acid groups (broad SMARTS) is 1. The van der Waals surface area contributed by atoms with E-state index < -0.39 is 17.7 Å². The molecule has 2 rings (SSSR count). The Bertz CT molecular complexity index is 645. The van der Waals surface area contributed by atoms with Crippen LogP contribution in [-0.4, -0.2) is 48.8 Å². The van der Waals surface area contributed by atoms with E-state index in [2.05, 4.69) is 0 Å². The molecule has 0 aliphatic rings. The van der Waals surface area contributed by atoms with Crippen molar-refractivity contribution in [1.29, 1.82) is 0 Å². The Balaban J connectivity index is 0.00000242. The van der Waals surface area contributed by atoms with Crippen LogP contribution in [0.25, 0.3) is 0 Å². The van der Waals surface area contributed by atoms with Gasteiger partial charge >= 0.3 is 49.9 Å². The van der Waals surface area contributed by atoms with Crippen LogP contribution in [0.4, 0.5) is 13.2 Å². The normalized spacial score (nSPS) is 10.9. The first-order chi connectivity index (χ1) is 9.88. The number of carboxylic acids is 1. The molecule has 2 nitrogen and oxygen atoms in total. The SMILES string of the molecule is O=C(O)c1cc(C(F)(F)F)ccc1SCc1ccccc1.[CaH2]. The van der Waals surface area contributed by atoms with Gasteiger partial charge in [0.05, 0.1) is 11.1 Å². The Labute approximate surface area is 159 Å². The fraction of sp³-hybridized carbons (Fsp3) is 0.133. The number of hydrogen-bond acceptors (Lipinski definition) is 2. The Hall–Kier alpha value is -0.690. The molecule has 7 heteroatoms. The van der Waals surface area contributed by atoms with Gasteiger partial charge in [-0.15, -0.1) is 11.8 Å². The Kier molecular flexibility index (Phi) is 7.25. The monoisotopic (exact) mass is 354 g/mol. The quantitative estimate of drug-likeness (QED) is 0.671. The van der Waals surface area contributed by atoms with E-state index in [0.29, 0.717) is 16.7 Å². The van der Waals surface area contributed by atoms with Gasteiger partial charge in [0, 0.05) is 10.6 Å². The fourth-order valence-corrected chi connectivity index (χ4v) is 2.72. The molecule has 0 aliphatic carbocycles. The number of halogens is 3. The minimum absolute atomic E-state index is 0. The molecule has 2 aromatic carbocycles. The van der Waals surface area contributed by atoms with Crippen molar-refractivity contribution in [1.82, 2.24) is 0 Å². The molecule has 0 aromatic heterocycles. The minimum atomic E-state index is -4.55. The molecule has 0 spiro atoms. The second-order valence-corrected chi connectivity index (χ2v) is 5.31. The molecule has 0 aliphatic heterocycles. The van der Waals surface area contributed by atoms with Crippen LogP contribution in [0.1, 0.15) is 21.5 Å². The molecule has 1 N–H and O–H groups in total. The zero-order valence-corrected chi connectivity index (χ0v) is 11.5. The summed E-state index contributed by atoms with van der Waals surface area (Å²) in [4.78, 5) is 11.5. The first kappa shape index (κ1) is 19.4. The van der Waals surface area contributed by atoms with Gasteiger partial charge in [-0.1, -0.05) is 30.3 Å². The molecule has 2 aromatic rings. The molecule has 0 atom stereocenters. The second kappa shape index (κ2) is 8.24. The second-order valence-electron chi connectivity index (χ2n) is 4.29. The van der Waals surface area contributed by atoms with Crippen molar-refractivity contribution >= 4 is 55.5 Å². The average molecular weight is 354 g/mol. The molecular formula is C15H13CaF3O2S. The van der Waals surface area contributed by atoms with Gasteiger partial charge in [0.2, 0.25) is 0 Å². The van der Waals surface area contributed by atoms with E-state index in [9.17, 15) is 18.0 Å². The van der Waals surface area contributed by atoms with E-state index >= 15 is 0 Å². The molecule has 0 radical (unpaired) electrons. The maximum atomic E-state index is 12.6. The molecule has 0 bridgehead atoms. The van der Waals surface area contributed by atoms with Crippen molar-refractivity contribution in [2.45, 2.75) is 16.8 Å². The number of alkyl halides is 3. The van der Waals surface area contributed by atoms with Gasteiger partial charge < -0.3 is 5.11 Å². The Morgan fingerprint density at radius 1 is 1.09 bits per heavy atom. The topological polar surface area (TPSA) is 37.3 Å². The third kappa shape index (κ3) is 5.19. The summed E-state index contributed by atoms with van der Waals surface area (Å²) in [6.45, 7) is 0. The molecule has 22 heavy (non-hydrogen) atoms. The summed E-state index contributed by atoms with van der Waals surface area (Å²) in [6, 6.07) is 12.1. The van der Waals surface area contributed by atoms with Gasteiger partial charge in [0.25, 0.3) is 0 Å². The van der Waals surface area contributed by atoms with Gasteiger partial charge in [-0.25, -0.2) is 4.79 Å². The standard InChI is InChI=1S/C15H11F3O2S.Ca.2H/c16-15(17,18)11-6-7-13(12(8-11)14(19)20)21-9-10-4-2-1-3-5-10;;;/h1-8H,9H2,(H,19,20);;;. The van der Waals surface area contributed by atoms with Gasteiger partial charge in [-0.3, -0.25) is 0 Å². The average Bonchev–Trinajstić information content (AvgIpc) is 2.45. The number of carbonyl (C=O) groups is 1. The number of benzene rings is 2. The number of thioether (sulfide) groups is 1. The molecule has 0 unspecified atom stereocenters. The van der Waals surface area contributed by atoms with E-state index in [1.165, 1.54) is 17.8 Å². The Morgan fingerprint density at radius 2 is 1.73 bits per heavy atom. The molecule has 0 saturated carbocycles. The van der Waals surface area contributed by atoms with Crippen molar-refractivity contribution in [2.24, 2.45) is 0 Å². The summed E-state index contributed by atoms with van der Waals surface area (Å²) in [5.74, 6) is -0.872. The Morgan fingerprint density at radius 3 is 2.27 bits per heavy atom. The van der Waals surface area contributed by atoms with Crippen molar-refractivity contribution < 1.29 is 23.1 Å². The summed E-state index contributed by atoms with van der Waals surface area (Å²) < 4.78 is 37.8. The number of rotatable bonds is 4. The van der Waals surface area contributed by atoms with Crippen LogP contribution >= 0.6 is 11.8 Å². The van der Waals surface area contributed by atoms with E-state index in [1.54, 1.807) is 0 Å². The molecule has 0 heterocycles. The molecule has 114 valence electrons. The number of hydrogen-bond donors (Lipinski definition) is 1. The summed E-state index contributed by atoms with van der Waals surface area (Å²) >= 11 is 1.20. The fourth-order valence-electron chi connectivity index (χ4n) is 1.73. The third-order valence-corrected chi connectivity index (χ3v) is 3.92. The van der Waals surface area contributed by atoms with Crippen LogP contribution in [-0.2, 0) is 11.9 Å². The summed E-state index contributed by atoms with van der Waals surface area (Å²) in [5.41, 5.74) is -0.312. The van der Waals surface area contributed by atoms with Crippen molar-refractivity contribution in [3.05, 3.63) is 65.2 Å². The van der Waals surface area contributed by atoms with Crippen LogP contribution in [0.15, 0.2) is 53.4 Å². The van der Waals surface area contributed by atoms with E-state index in [0.717, 1.165) is 11.6 Å². The van der Waals surface area contributed by atoms with Crippen molar-refractivity contribution in [3.8, 4) is 0 Å². The summed E-state index contributed by atoms with van der Waals surface area (Å²) in [7, 11) is 0.